The molecule has 2 unspecified atom stereocenters. The van der Waals surface area contributed by atoms with Gasteiger partial charge in [0.15, 0.2) is 8.32 Å². The van der Waals surface area contributed by atoms with Gasteiger partial charge >= 0.3 is 6.09 Å². The predicted molar refractivity (Wildman–Crippen MR) is 139 cm³/mol. The average molecular weight is 519 g/mol. The van der Waals surface area contributed by atoms with E-state index in [2.05, 4.69) is 40.8 Å². The van der Waals surface area contributed by atoms with Crippen molar-refractivity contribution in [3.8, 4) is 0 Å². The number of aliphatic hydroxyl groups excluding tert-OH is 1. The number of benzene rings is 1. The zero-order valence-electron chi connectivity index (χ0n) is 21.6. The first-order valence-electron chi connectivity index (χ1n) is 11.7. The van der Waals surface area contributed by atoms with Gasteiger partial charge in [-0.25, -0.2) is 4.79 Å². The molecule has 0 bridgehead atoms. The van der Waals surface area contributed by atoms with Crippen LogP contribution >= 0.6 is 23.2 Å². The Balaban J connectivity index is 2.53. The summed E-state index contributed by atoms with van der Waals surface area (Å²) >= 11 is 12.4. The van der Waals surface area contributed by atoms with Crippen molar-refractivity contribution >= 4 is 37.6 Å². The Morgan fingerprint density at radius 2 is 1.82 bits per heavy atom. The zero-order chi connectivity index (χ0) is 25.4. The van der Waals surface area contributed by atoms with Crippen molar-refractivity contribution in [2.24, 2.45) is 0 Å². The van der Waals surface area contributed by atoms with Crippen LogP contribution in [0, 0.1) is 0 Å². The summed E-state index contributed by atoms with van der Waals surface area (Å²) in [5, 5.41) is 12.5. The van der Waals surface area contributed by atoms with Crippen molar-refractivity contribution in [1.82, 2.24) is 4.90 Å². The smallest absolute Gasteiger partial charge is 0.410 e. The van der Waals surface area contributed by atoms with Crippen LogP contribution in [0.2, 0.25) is 28.2 Å². The summed E-state index contributed by atoms with van der Waals surface area (Å²) in [5.74, 6) is 0. The van der Waals surface area contributed by atoms with E-state index in [-0.39, 0.29) is 11.1 Å². The lowest BCUT2D eigenvalue weighted by atomic mass is 9.81. The number of hydrogen-bond donors (Lipinski definition) is 1. The van der Waals surface area contributed by atoms with E-state index in [1.54, 1.807) is 23.1 Å². The maximum Gasteiger partial charge on any atom is 0.410 e. The topological polar surface area (TPSA) is 59.0 Å². The molecule has 0 aromatic heterocycles. The molecule has 33 heavy (non-hydrogen) atoms. The lowest BCUT2D eigenvalue weighted by Crippen LogP contribution is -2.52. The molecule has 1 saturated heterocycles. The minimum absolute atomic E-state index is 0.0298. The van der Waals surface area contributed by atoms with Gasteiger partial charge < -0.3 is 14.3 Å². The Morgan fingerprint density at radius 1 is 1.21 bits per heavy atom. The van der Waals surface area contributed by atoms with Crippen molar-refractivity contribution in [2.75, 3.05) is 6.54 Å². The van der Waals surface area contributed by atoms with Crippen LogP contribution < -0.4 is 0 Å². The van der Waals surface area contributed by atoms with Crippen LogP contribution in [0.25, 0.3) is 0 Å². The Bertz CT molecular complexity index is 850. The van der Waals surface area contributed by atoms with Crippen LogP contribution in [0.4, 0.5) is 4.79 Å². The van der Waals surface area contributed by atoms with E-state index < -0.39 is 31.7 Å². The fourth-order valence-electron chi connectivity index (χ4n) is 4.26. The van der Waals surface area contributed by atoms with Gasteiger partial charge in [-0.2, -0.15) is 0 Å². The second-order valence-corrected chi connectivity index (χ2v) is 17.3. The summed E-state index contributed by atoms with van der Waals surface area (Å²) in [7, 11) is -2.10. The van der Waals surface area contributed by atoms with E-state index in [4.69, 9.17) is 32.4 Å². The number of aliphatic hydroxyl groups is 1. The summed E-state index contributed by atoms with van der Waals surface area (Å²) in [6.45, 7) is 19.0. The molecule has 1 amide bonds. The van der Waals surface area contributed by atoms with Gasteiger partial charge in [0.25, 0.3) is 0 Å². The molecule has 0 saturated carbocycles. The third kappa shape index (κ3) is 6.46. The summed E-state index contributed by atoms with van der Waals surface area (Å²) in [5.41, 5.74) is -0.900. The monoisotopic (exact) mass is 517 g/mol. The van der Waals surface area contributed by atoms with Crippen LogP contribution in [0.5, 0.6) is 0 Å². The highest BCUT2D eigenvalue weighted by Crippen LogP contribution is 2.48. The van der Waals surface area contributed by atoms with Crippen molar-refractivity contribution in [2.45, 2.75) is 109 Å². The number of nitrogens with zero attached hydrogens (tertiary/aromatic N) is 1. The first-order valence-corrected chi connectivity index (χ1v) is 15.4. The minimum Gasteiger partial charge on any atom is -0.444 e. The van der Waals surface area contributed by atoms with Crippen LogP contribution in [0.15, 0.2) is 18.2 Å². The van der Waals surface area contributed by atoms with E-state index >= 15 is 0 Å². The van der Waals surface area contributed by atoms with Crippen molar-refractivity contribution in [1.29, 1.82) is 0 Å². The molecule has 8 heteroatoms. The fraction of sp³-hybridized carbons (Fsp3) is 0.720. The van der Waals surface area contributed by atoms with Crippen LogP contribution in [-0.2, 0) is 9.16 Å². The number of halogens is 2. The molecule has 1 aromatic carbocycles. The molecular formula is C25H41Cl2NO4Si. The summed E-state index contributed by atoms with van der Waals surface area (Å²) in [6, 6.07) is 5.13. The quantitative estimate of drug-likeness (QED) is 0.394. The van der Waals surface area contributed by atoms with Gasteiger partial charge in [0.2, 0.25) is 0 Å². The van der Waals surface area contributed by atoms with Crippen molar-refractivity contribution < 1.29 is 19.1 Å². The largest absolute Gasteiger partial charge is 0.444 e. The Morgan fingerprint density at radius 3 is 2.30 bits per heavy atom. The zero-order valence-corrected chi connectivity index (χ0v) is 24.1. The standard InChI is InChI=1S/C25H41Cl2NO4Si/c1-10-13-25(21(29)17-11-12-19(26)20(27)14-17)15-18(32-33(8,9)24(5,6)7)16-28(25)22(30)31-23(2,3)4/h11-12,14,18,21,29H,10,13,15-16H2,1-9H3/t18-,21?,25?/m1/s1. The SMILES string of the molecule is CCCC1(C(O)c2ccc(Cl)c(Cl)c2)C[C@@H](O[Si](C)(C)C(C)(C)C)CN1C(=O)OC(C)(C)C. The second-order valence-electron chi connectivity index (χ2n) is 11.7. The molecule has 1 aromatic rings. The molecule has 3 atom stereocenters. The maximum absolute atomic E-state index is 13.4. The van der Waals surface area contributed by atoms with Gasteiger partial charge in [-0.15, -0.1) is 0 Å². The maximum atomic E-state index is 13.4. The van der Waals surface area contributed by atoms with E-state index in [1.165, 1.54) is 0 Å². The number of carbonyl (C=O) groups is 1. The lowest BCUT2D eigenvalue weighted by Gasteiger charge is -2.42. The Kier molecular flexibility index (Phi) is 8.67. The highest BCUT2D eigenvalue weighted by atomic mass is 35.5. The van der Waals surface area contributed by atoms with E-state index in [0.717, 1.165) is 6.42 Å². The molecule has 0 aliphatic carbocycles. The van der Waals surface area contributed by atoms with Gasteiger partial charge in [-0.1, -0.05) is 63.4 Å². The Labute approximate surface area is 210 Å². The highest BCUT2D eigenvalue weighted by molar-refractivity contribution is 6.74. The predicted octanol–water partition coefficient (Wildman–Crippen LogP) is 7.60. The number of hydrogen-bond acceptors (Lipinski definition) is 4. The van der Waals surface area contributed by atoms with Crippen LogP contribution in [0.3, 0.4) is 0 Å². The van der Waals surface area contributed by atoms with E-state index in [1.807, 2.05) is 20.8 Å². The third-order valence-electron chi connectivity index (χ3n) is 6.84. The number of carbonyl (C=O) groups excluding carboxylic acids is 1. The van der Waals surface area contributed by atoms with Gasteiger partial charge in [0.1, 0.15) is 11.7 Å². The summed E-state index contributed by atoms with van der Waals surface area (Å²) in [4.78, 5) is 15.1. The molecule has 1 fully saturated rings. The lowest BCUT2D eigenvalue weighted by molar-refractivity contribution is -0.0377. The van der Waals surface area contributed by atoms with Crippen LogP contribution in [-0.4, -0.2) is 48.2 Å². The molecule has 188 valence electrons. The minimum atomic E-state index is -2.10. The molecule has 5 nitrogen and oxygen atoms in total. The summed E-state index contributed by atoms with van der Waals surface area (Å²) in [6.07, 6.45) is 0.315. The average Bonchev–Trinajstić information content (AvgIpc) is 3.00. The number of rotatable bonds is 6. The van der Waals surface area contributed by atoms with Gasteiger partial charge in [0, 0.05) is 13.0 Å². The van der Waals surface area contributed by atoms with Gasteiger partial charge in [0.05, 0.1) is 21.7 Å². The van der Waals surface area contributed by atoms with Crippen LogP contribution in [0.1, 0.15) is 79.4 Å². The summed E-state index contributed by atoms with van der Waals surface area (Å²) < 4.78 is 12.5. The van der Waals surface area contributed by atoms with Gasteiger partial charge in [-0.3, -0.25) is 4.90 Å². The molecule has 0 radical (unpaired) electrons. The molecule has 1 aliphatic rings. The molecular weight excluding hydrogens is 477 g/mol. The highest BCUT2D eigenvalue weighted by Gasteiger charge is 2.55. The second kappa shape index (κ2) is 10.1. The molecule has 0 spiro atoms. The number of ether oxygens (including phenoxy) is 1. The van der Waals surface area contributed by atoms with Gasteiger partial charge in [-0.05, 0) is 63.0 Å². The van der Waals surface area contributed by atoms with E-state index in [0.29, 0.717) is 35.0 Å². The molecule has 1 heterocycles. The fourth-order valence-corrected chi connectivity index (χ4v) is 5.91. The third-order valence-corrected chi connectivity index (χ3v) is 12.1. The Hall–Kier alpha value is -0.793. The van der Waals surface area contributed by atoms with Crippen molar-refractivity contribution in [3.63, 3.8) is 0 Å². The normalized spacial score (nSPS) is 23.0. The number of likely N-dealkylation sites (tertiary alicyclic amines) is 1. The molecule has 2 rings (SSSR count). The number of amides is 1. The first kappa shape index (κ1) is 28.4. The first-order chi connectivity index (χ1) is 14.9. The molecule has 1 N–H and O–H groups in total. The molecule has 1 aliphatic heterocycles. The van der Waals surface area contributed by atoms with E-state index in [9.17, 15) is 9.90 Å². The van der Waals surface area contributed by atoms with Crippen molar-refractivity contribution in [3.05, 3.63) is 33.8 Å².